The summed E-state index contributed by atoms with van der Waals surface area (Å²) < 4.78 is 30.4. The summed E-state index contributed by atoms with van der Waals surface area (Å²) >= 11 is 3.37. The first kappa shape index (κ1) is 12.9. The minimum atomic E-state index is -0.844. The van der Waals surface area contributed by atoms with Crippen molar-refractivity contribution in [2.24, 2.45) is 0 Å². The molecule has 21 heavy (non-hydrogen) atoms. The Kier molecular flexibility index (Phi) is 2.82. The molecule has 1 aliphatic rings. The van der Waals surface area contributed by atoms with Crippen LogP contribution in [0.2, 0.25) is 0 Å². The fraction of sp³-hybridized carbons (Fsp3) is 0.200. The molecule has 0 saturated heterocycles. The van der Waals surface area contributed by atoms with Crippen LogP contribution in [-0.2, 0) is 0 Å². The van der Waals surface area contributed by atoms with Crippen LogP contribution in [0.4, 0.5) is 8.78 Å². The van der Waals surface area contributed by atoms with E-state index in [0.29, 0.717) is 11.3 Å². The molecule has 0 spiro atoms. The summed E-state index contributed by atoms with van der Waals surface area (Å²) in [5.74, 6) is -1.05. The molecule has 2 aromatic heterocycles. The van der Waals surface area contributed by atoms with Gasteiger partial charge >= 0.3 is 0 Å². The van der Waals surface area contributed by atoms with Crippen LogP contribution in [0.3, 0.4) is 0 Å². The molecule has 6 heteroatoms. The highest BCUT2D eigenvalue weighted by Crippen LogP contribution is 2.42. The molecule has 3 aromatic rings. The second-order valence-corrected chi connectivity index (χ2v) is 6.07. The minimum Gasteiger partial charge on any atom is -0.318 e. The van der Waals surface area contributed by atoms with Gasteiger partial charge in [0, 0.05) is 28.5 Å². The Morgan fingerprint density at radius 2 is 2.00 bits per heavy atom. The van der Waals surface area contributed by atoms with E-state index in [1.54, 1.807) is 17.0 Å². The van der Waals surface area contributed by atoms with Crippen LogP contribution in [0.1, 0.15) is 18.9 Å². The van der Waals surface area contributed by atoms with Crippen LogP contribution in [0.15, 0.2) is 35.1 Å². The number of pyridine rings is 1. The smallest absolute Gasteiger partial charge is 0.184 e. The molecule has 2 heterocycles. The fourth-order valence-corrected chi connectivity index (χ4v) is 2.91. The van der Waals surface area contributed by atoms with E-state index >= 15 is 0 Å². The first-order chi connectivity index (χ1) is 10.1. The van der Waals surface area contributed by atoms with Gasteiger partial charge in [-0.15, -0.1) is 0 Å². The Bertz CT molecular complexity index is 855. The predicted octanol–water partition coefficient (Wildman–Crippen LogP) is 4.47. The predicted molar refractivity (Wildman–Crippen MR) is 78.9 cm³/mol. The second-order valence-electron chi connectivity index (χ2n) is 5.16. The summed E-state index contributed by atoms with van der Waals surface area (Å²) in [6, 6.07) is 4.69. The maximum Gasteiger partial charge on any atom is 0.184 e. The monoisotopic (exact) mass is 349 g/mol. The van der Waals surface area contributed by atoms with Gasteiger partial charge in [0.1, 0.15) is 11.3 Å². The molecular formula is C15H10BrF2N3. The molecule has 1 saturated carbocycles. The molecule has 1 aromatic carbocycles. The molecule has 1 fully saturated rings. The number of hydrogen-bond acceptors (Lipinski definition) is 2. The number of rotatable bonds is 2. The molecular weight excluding hydrogens is 340 g/mol. The lowest BCUT2D eigenvalue weighted by atomic mass is 10.2. The molecule has 4 rings (SSSR count). The number of aromatic nitrogens is 3. The first-order valence-corrected chi connectivity index (χ1v) is 7.41. The van der Waals surface area contributed by atoms with E-state index in [0.717, 1.165) is 28.9 Å². The number of nitrogens with zero attached hydrogens (tertiary/aromatic N) is 3. The van der Waals surface area contributed by atoms with Crippen LogP contribution in [0.25, 0.3) is 22.4 Å². The first-order valence-electron chi connectivity index (χ1n) is 6.62. The normalized spacial score (nSPS) is 14.8. The van der Waals surface area contributed by atoms with Crippen LogP contribution >= 0.6 is 15.9 Å². The minimum absolute atomic E-state index is 0.181. The van der Waals surface area contributed by atoms with Crippen molar-refractivity contribution < 1.29 is 8.78 Å². The average molecular weight is 350 g/mol. The van der Waals surface area contributed by atoms with Gasteiger partial charge in [-0.05, 0) is 47.0 Å². The lowest BCUT2D eigenvalue weighted by Gasteiger charge is -2.08. The van der Waals surface area contributed by atoms with Crippen molar-refractivity contribution in [2.45, 2.75) is 18.9 Å². The molecule has 0 atom stereocenters. The molecule has 106 valence electrons. The highest BCUT2D eigenvalue weighted by molar-refractivity contribution is 9.10. The van der Waals surface area contributed by atoms with Crippen molar-refractivity contribution in [3.8, 4) is 11.4 Å². The summed E-state index contributed by atoms with van der Waals surface area (Å²) in [7, 11) is 0. The second kappa shape index (κ2) is 4.59. The van der Waals surface area contributed by atoms with Gasteiger partial charge < -0.3 is 4.57 Å². The van der Waals surface area contributed by atoms with E-state index in [1.165, 1.54) is 6.07 Å². The van der Waals surface area contributed by atoms with Gasteiger partial charge in [0.15, 0.2) is 11.6 Å². The van der Waals surface area contributed by atoms with Crippen molar-refractivity contribution >= 4 is 27.0 Å². The topological polar surface area (TPSA) is 30.7 Å². The highest BCUT2D eigenvalue weighted by atomic mass is 79.9. The van der Waals surface area contributed by atoms with E-state index in [2.05, 4.69) is 25.9 Å². The number of halogens is 3. The lowest BCUT2D eigenvalue weighted by Crippen LogP contribution is -2.00. The zero-order valence-electron chi connectivity index (χ0n) is 10.9. The van der Waals surface area contributed by atoms with Gasteiger partial charge in [-0.25, -0.2) is 13.8 Å². The van der Waals surface area contributed by atoms with Crippen molar-refractivity contribution in [3.05, 3.63) is 46.7 Å². The Labute approximate surface area is 127 Å². The maximum atomic E-state index is 14.2. The summed E-state index contributed by atoms with van der Waals surface area (Å²) in [4.78, 5) is 8.61. The Morgan fingerprint density at radius 3 is 2.71 bits per heavy atom. The van der Waals surface area contributed by atoms with E-state index < -0.39 is 11.6 Å². The van der Waals surface area contributed by atoms with E-state index in [-0.39, 0.29) is 11.6 Å². The largest absolute Gasteiger partial charge is 0.318 e. The average Bonchev–Trinajstić information content (AvgIpc) is 3.23. The zero-order valence-corrected chi connectivity index (χ0v) is 12.4. The third-order valence-electron chi connectivity index (χ3n) is 3.62. The van der Waals surface area contributed by atoms with Crippen molar-refractivity contribution in [1.29, 1.82) is 0 Å². The molecule has 1 aliphatic carbocycles. The SMILES string of the molecule is Fc1ccc2nc(-c3cncc(Br)c3)n(C3CC3)c2c1F. The number of fused-ring (bicyclic) bond motifs is 1. The quantitative estimate of drug-likeness (QED) is 0.683. The summed E-state index contributed by atoms with van der Waals surface area (Å²) in [5, 5.41) is 0. The third-order valence-corrected chi connectivity index (χ3v) is 4.05. The molecule has 0 bridgehead atoms. The molecule has 0 amide bonds. The van der Waals surface area contributed by atoms with Gasteiger partial charge in [0.05, 0.1) is 5.52 Å². The van der Waals surface area contributed by atoms with Crippen LogP contribution in [0, 0.1) is 11.6 Å². The van der Waals surface area contributed by atoms with E-state index in [9.17, 15) is 8.78 Å². The molecule has 0 radical (unpaired) electrons. The van der Waals surface area contributed by atoms with Crippen molar-refractivity contribution in [2.75, 3.05) is 0 Å². The van der Waals surface area contributed by atoms with Gasteiger partial charge in [-0.1, -0.05) is 0 Å². The molecule has 0 aliphatic heterocycles. The Hall–Kier alpha value is -1.82. The number of imidazole rings is 1. The Morgan fingerprint density at radius 1 is 1.19 bits per heavy atom. The molecule has 0 unspecified atom stereocenters. The van der Waals surface area contributed by atoms with E-state index in [1.807, 2.05) is 6.07 Å². The van der Waals surface area contributed by atoms with Gasteiger partial charge in [-0.2, -0.15) is 0 Å². The maximum absolute atomic E-state index is 14.2. The summed E-state index contributed by atoms with van der Waals surface area (Å²) in [6.45, 7) is 0. The Balaban J connectivity index is 2.05. The van der Waals surface area contributed by atoms with Gasteiger partial charge in [0.2, 0.25) is 0 Å². The standard InChI is InChI=1S/C15H10BrF2N3/c16-9-5-8(6-19-7-9)15-20-12-4-3-11(17)13(18)14(12)21(15)10-1-2-10/h3-7,10H,1-2H2. The fourth-order valence-electron chi connectivity index (χ4n) is 2.55. The van der Waals surface area contributed by atoms with E-state index in [4.69, 9.17) is 0 Å². The summed E-state index contributed by atoms with van der Waals surface area (Å²) in [6.07, 6.45) is 5.26. The van der Waals surface area contributed by atoms with Crippen LogP contribution < -0.4 is 0 Å². The third kappa shape index (κ3) is 2.05. The lowest BCUT2D eigenvalue weighted by molar-refractivity contribution is 0.511. The molecule has 0 N–H and O–H groups in total. The highest BCUT2D eigenvalue weighted by Gasteiger charge is 2.30. The molecule has 3 nitrogen and oxygen atoms in total. The summed E-state index contributed by atoms with van der Waals surface area (Å²) in [5.41, 5.74) is 1.50. The zero-order chi connectivity index (χ0) is 14.6. The van der Waals surface area contributed by atoms with Crippen molar-refractivity contribution in [3.63, 3.8) is 0 Å². The van der Waals surface area contributed by atoms with Crippen molar-refractivity contribution in [1.82, 2.24) is 14.5 Å². The number of benzene rings is 1. The van der Waals surface area contributed by atoms with Crippen LogP contribution in [0.5, 0.6) is 0 Å². The van der Waals surface area contributed by atoms with Gasteiger partial charge in [0.25, 0.3) is 0 Å². The number of hydrogen-bond donors (Lipinski definition) is 0. The van der Waals surface area contributed by atoms with Crippen LogP contribution in [-0.4, -0.2) is 14.5 Å². The van der Waals surface area contributed by atoms with Gasteiger partial charge in [-0.3, -0.25) is 4.98 Å².